The SMILES string of the molecule is COc1cc(-c2noc(CSc3nnc(-c4ccccc4C)o3)n2)ccc1OC(F)F. The molecule has 4 aromatic rings. The highest BCUT2D eigenvalue weighted by molar-refractivity contribution is 7.98. The zero-order valence-corrected chi connectivity index (χ0v) is 17.2. The predicted octanol–water partition coefficient (Wildman–Crippen LogP) is 5.00. The first kappa shape index (κ1) is 20.8. The molecule has 2 heterocycles. The summed E-state index contributed by atoms with van der Waals surface area (Å²) in [4.78, 5) is 4.31. The number of hydrogen-bond acceptors (Lipinski definition) is 9. The van der Waals surface area contributed by atoms with Gasteiger partial charge in [0.1, 0.15) is 0 Å². The van der Waals surface area contributed by atoms with Crippen LogP contribution >= 0.6 is 11.8 Å². The second-order valence-electron chi connectivity index (χ2n) is 6.23. The van der Waals surface area contributed by atoms with Crippen molar-refractivity contribution >= 4 is 11.8 Å². The monoisotopic (exact) mass is 446 g/mol. The van der Waals surface area contributed by atoms with Gasteiger partial charge in [-0.1, -0.05) is 35.1 Å². The Labute approximate surface area is 179 Å². The summed E-state index contributed by atoms with van der Waals surface area (Å²) in [6, 6.07) is 12.1. The molecule has 0 amide bonds. The highest BCUT2D eigenvalue weighted by Gasteiger charge is 2.16. The Morgan fingerprint density at radius 1 is 1.10 bits per heavy atom. The molecule has 0 unspecified atom stereocenters. The normalized spacial score (nSPS) is 11.1. The smallest absolute Gasteiger partial charge is 0.387 e. The lowest BCUT2D eigenvalue weighted by Gasteiger charge is -2.10. The summed E-state index contributed by atoms with van der Waals surface area (Å²) in [7, 11) is 1.35. The molecule has 160 valence electrons. The van der Waals surface area contributed by atoms with Gasteiger partial charge in [-0.15, -0.1) is 10.2 Å². The average Bonchev–Trinajstić information content (AvgIpc) is 3.42. The third-order valence-corrected chi connectivity index (χ3v) is 5.01. The van der Waals surface area contributed by atoms with Crippen LogP contribution in [0.1, 0.15) is 11.5 Å². The summed E-state index contributed by atoms with van der Waals surface area (Å²) in [5, 5.41) is 12.4. The highest BCUT2D eigenvalue weighted by Crippen LogP contribution is 2.33. The van der Waals surface area contributed by atoms with Gasteiger partial charge in [0.15, 0.2) is 11.5 Å². The van der Waals surface area contributed by atoms with Crippen LogP contribution in [0.15, 0.2) is 56.6 Å². The first-order valence-electron chi connectivity index (χ1n) is 9.01. The van der Waals surface area contributed by atoms with E-state index in [1.165, 1.54) is 37.1 Å². The van der Waals surface area contributed by atoms with Crippen molar-refractivity contribution in [3.63, 3.8) is 0 Å². The van der Waals surface area contributed by atoms with Crippen molar-refractivity contribution in [3.05, 3.63) is 53.9 Å². The first-order chi connectivity index (χ1) is 15.0. The molecule has 0 saturated heterocycles. The lowest BCUT2D eigenvalue weighted by atomic mass is 10.1. The van der Waals surface area contributed by atoms with Crippen LogP contribution in [-0.2, 0) is 5.75 Å². The van der Waals surface area contributed by atoms with E-state index in [1.54, 1.807) is 0 Å². The molecule has 0 aliphatic rings. The molecular weight excluding hydrogens is 430 g/mol. The van der Waals surface area contributed by atoms with Gasteiger partial charge in [-0.05, 0) is 36.8 Å². The number of thioether (sulfide) groups is 1. The van der Waals surface area contributed by atoms with Crippen LogP contribution in [0.2, 0.25) is 0 Å². The maximum atomic E-state index is 12.5. The van der Waals surface area contributed by atoms with Crippen LogP contribution in [-0.4, -0.2) is 34.1 Å². The highest BCUT2D eigenvalue weighted by atomic mass is 32.2. The number of hydrogen-bond donors (Lipinski definition) is 0. The average molecular weight is 446 g/mol. The summed E-state index contributed by atoms with van der Waals surface area (Å²) in [5.41, 5.74) is 2.43. The van der Waals surface area contributed by atoms with Crippen LogP contribution in [0, 0.1) is 6.92 Å². The molecule has 8 nitrogen and oxygen atoms in total. The third-order valence-electron chi connectivity index (χ3n) is 4.21. The molecule has 11 heteroatoms. The number of methoxy groups -OCH3 is 1. The topological polar surface area (TPSA) is 96.3 Å². The van der Waals surface area contributed by atoms with E-state index in [0.717, 1.165) is 11.1 Å². The van der Waals surface area contributed by atoms with Gasteiger partial charge in [-0.25, -0.2) is 0 Å². The Hall–Kier alpha value is -3.47. The Balaban J connectivity index is 1.44. The fraction of sp³-hybridized carbons (Fsp3) is 0.200. The molecule has 4 rings (SSSR count). The lowest BCUT2D eigenvalue weighted by Crippen LogP contribution is -2.03. The zero-order valence-electron chi connectivity index (χ0n) is 16.4. The molecule has 2 aromatic carbocycles. The molecule has 0 saturated carbocycles. The molecule has 0 bridgehead atoms. The standard InChI is InChI=1S/C20H16F2N4O4S/c1-11-5-3-4-6-13(11)18-24-25-20(29-18)31-10-16-23-17(26-30-16)12-7-8-14(28-19(21)22)15(9-12)27-2/h3-9,19H,10H2,1-2H3. The van der Waals surface area contributed by atoms with Crippen LogP contribution in [0.3, 0.4) is 0 Å². The molecule has 0 spiro atoms. The molecular formula is C20H16F2N4O4S. The van der Waals surface area contributed by atoms with Gasteiger partial charge in [-0.3, -0.25) is 0 Å². The third kappa shape index (κ3) is 4.82. The molecule has 31 heavy (non-hydrogen) atoms. The summed E-state index contributed by atoms with van der Waals surface area (Å²) in [6.07, 6.45) is 0. The van der Waals surface area contributed by atoms with Crippen molar-refractivity contribution in [1.29, 1.82) is 0 Å². The fourth-order valence-corrected chi connectivity index (χ4v) is 3.34. The number of halogens is 2. The lowest BCUT2D eigenvalue weighted by molar-refractivity contribution is -0.0512. The van der Waals surface area contributed by atoms with E-state index in [1.807, 2.05) is 31.2 Å². The second kappa shape index (κ2) is 9.13. The molecule has 0 aliphatic carbocycles. The fourth-order valence-electron chi connectivity index (χ4n) is 2.74. The van der Waals surface area contributed by atoms with Crippen molar-refractivity contribution < 1.29 is 27.2 Å². The van der Waals surface area contributed by atoms with E-state index in [-0.39, 0.29) is 17.3 Å². The van der Waals surface area contributed by atoms with Gasteiger partial charge in [0, 0.05) is 11.1 Å². The van der Waals surface area contributed by atoms with E-state index in [2.05, 4.69) is 25.1 Å². The van der Waals surface area contributed by atoms with Gasteiger partial charge in [0.2, 0.25) is 17.6 Å². The molecule has 0 fully saturated rings. The Morgan fingerprint density at radius 3 is 2.71 bits per heavy atom. The van der Waals surface area contributed by atoms with Gasteiger partial charge in [0.05, 0.1) is 12.9 Å². The molecule has 0 atom stereocenters. The van der Waals surface area contributed by atoms with Crippen molar-refractivity contribution in [2.45, 2.75) is 24.5 Å². The van der Waals surface area contributed by atoms with Crippen LogP contribution in [0.25, 0.3) is 22.8 Å². The number of nitrogens with zero attached hydrogens (tertiary/aromatic N) is 4. The number of ether oxygens (including phenoxy) is 2. The Bertz CT molecular complexity index is 1180. The van der Waals surface area contributed by atoms with Gasteiger partial charge < -0.3 is 18.4 Å². The maximum absolute atomic E-state index is 12.5. The number of aryl methyl sites for hydroxylation is 1. The molecule has 0 aliphatic heterocycles. The van der Waals surface area contributed by atoms with Crippen molar-refractivity contribution in [2.75, 3.05) is 7.11 Å². The number of alkyl halides is 2. The number of benzene rings is 2. The van der Waals surface area contributed by atoms with Crippen molar-refractivity contribution in [3.8, 4) is 34.3 Å². The first-order valence-corrected chi connectivity index (χ1v) is 10.00. The van der Waals surface area contributed by atoms with Gasteiger partial charge in [-0.2, -0.15) is 13.8 Å². The van der Waals surface area contributed by atoms with Crippen LogP contribution < -0.4 is 9.47 Å². The molecule has 0 radical (unpaired) electrons. The van der Waals surface area contributed by atoms with E-state index in [0.29, 0.717) is 28.3 Å². The van der Waals surface area contributed by atoms with Crippen LogP contribution in [0.4, 0.5) is 8.78 Å². The summed E-state index contributed by atoms with van der Waals surface area (Å²) >= 11 is 1.26. The van der Waals surface area contributed by atoms with Gasteiger partial charge in [0.25, 0.3) is 5.22 Å². The zero-order chi connectivity index (χ0) is 21.8. The minimum atomic E-state index is -2.95. The van der Waals surface area contributed by atoms with Gasteiger partial charge >= 0.3 is 6.61 Å². The molecule has 2 aromatic heterocycles. The van der Waals surface area contributed by atoms with E-state index >= 15 is 0 Å². The quantitative estimate of drug-likeness (QED) is 0.347. The van der Waals surface area contributed by atoms with E-state index < -0.39 is 6.61 Å². The second-order valence-corrected chi connectivity index (χ2v) is 7.16. The van der Waals surface area contributed by atoms with Crippen molar-refractivity contribution in [2.24, 2.45) is 0 Å². The van der Waals surface area contributed by atoms with Crippen molar-refractivity contribution in [1.82, 2.24) is 20.3 Å². The minimum absolute atomic E-state index is 0.0821. The Kier molecular flexibility index (Phi) is 6.12. The maximum Gasteiger partial charge on any atom is 0.387 e. The molecule has 0 N–H and O–H groups in total. The summed E-state index contributed by atoms with van der Waals surface area (Å²) < 4.78 is 45.4. The van der Waals surface area contributed by atoms with Crippen LogP contribution in [0.5, 0.6) is 11.5 Å². The number of rotatable bonds is 8. The Morgan fingerprint density at radius 2 is 1.94 bits per heavy atom. The van der Waals surface area contributed by atoms with E-state index in [4.69, 9.17) is 13.7 Å². The predicted molar refractivity (Wildman–Crippen MR) is 107 cm³/mol. The number of aromatic nitrogens is 4. The minimum Gasteiger partial charge on any atom is -0.493 e. The largest absolute Gasteiger partial charge is 0.493 e. The summed E-state index contributed by atoms with van der Waals surface area (Å²) in [5.74, 6) is 1.41. The van der Waals surface area contributed by atoms with E-state index in [9.17, 15) is 8.78 Å². The summed E-state index contributed by atoms with van der Waals surface area (Å²) in [6.45, 7) is -0.988.